The van der Waals surface area contributed by atoms with Gasteiger partial charge in [0.2, 0.25) is 0 Å². The van der Waals surface area contributed by atoms with Gasteiger partial charge in [0.1, 0.15) is 11.6 Å². The number of aryl methyl sites for hydroxylation is 5. The molecule has 0 aliphatic heterocycles. The van der Waals surface area contributed by atoms with Crippen LogP contribution in [0.1, 0.15) is 125 Å². The second-order valence-corrected chi connectivity index (χ2v) is 18.9. The molecule has 0 N–H and O–H groups in total. The molecule has 0 radical (unpaired) electrons. The number of allylic oxidation sites excluding steroid dienone is 8. The monoisotopic (exact) mass is 952 g/mol. The zero-order chi connectivity index (χ0) is 50.3. The molecule has 4 heteroatoms. The fourth-order valence-electron chi connectivity index (χ4n) is 10.5. The maximum Gasteiger partial charge on any atom is 0.123 e. The van der Waals surface area contributed by atoms with Gasteiger partial charge in [-0.2, -0.15) is 0 Å². The van der Waals surface area contributed by atoms with E-state index in [9.17, 15) is 8.78 Å². The Bertz CT molecular complexity index is 3050. The van der Waals surface area contributed by atoms with E-state index in [1.807, 2.05) is 26.0 Å². The summed E-state index contributed by atoms with van der Waals surface area (Å²) in [6, 6.07) is 36.7. The number of benzene rings is 6. The van der Waals surface area contributed by atoms with Crippen LogP contribution in [0.5, 0.6) is 0 Å². The number of aromatic nitrogens is 1. The molecule has 0 fully saturated rings. The third-order valence-corrected chi connectivity index (χ3v) is 13.8. The number of terminal acetylenes is 1. The molecule has 0 atom stereocenters. The summed E-state index contributed by atoms with van der Waals surface area (Å²) in [5.74, 6) is -0.394. The average molecular weight is 953 g/mol. The highest BCUT2D eigenvalue weighted by atomic mass is 35.5. The van der Waals surface area contributed by atoms with E-state index < -0.39 is 0 Å². The van der Waals surface area contributed by atoms with E-state index >= 15 is 0 Å². The maximum absolute atomic E-state index is 14.9. The van der Waals surface area contributed by atoms with Crippen molar-refractivity contribution in [3.63, 3.8) is 0 Å². The zero-order valence-electron chi connectivity index (χ0n) is 43.1. The van der Waals surface area contributed by atoms with E-state index in [4.69, 9.17) is 0 Å². The van der Waals surface area contributed by atoms with Crippen LogP contribution >= 0.6 is 11.6 Å². The molecule has 7 aromatic rings. The zero-order valence-corrected chi connectivity index (χ0v) is 43.9. The molecule has 0 saturated heterocycles. The molecule has 70 heavy (non-hydrogen) atoms. The number of halogens is 3. The predicted molar refractivity (Wildman–Crippen MR) is 300 cm³/mol. The van der Waals surface area contributed by atoms with Gasteiger partial charge in [-0.05, 0) is 226 Å². The van der Waals surface area contributed by atoms with Gasteiger partial charge in [0, 0.05) is 21.8 Å². The Kier molecular flexibility index (Phi) is 19.4. The van der Waals surface area contributed by atoms with Crippen molar-refractivity contribution >= 4 is 33.4 Å². The lowest BCUT2D eigenvalue weighted by atomic mass is 9.86. The van der Waals surface area contributed by atoms with Gasteiger partial charge >= 0.3 is 0 Å². The van der Waals surface area contributed by atoms with Gasteiger partial charge in [-0.25, -0.2) is 8.78 Å². The summed E-state index contributed by atoms with van der Waals surface area (Å²) in [4.78, 5) is 0. The largest absolute Gasteiger partial charge is 0.309 e. The van der Waals surface area contributed by atoms with Crippen molar-refractivity contribution in [1.29, 1.82) is 0 Å². The lowest BCUT2D eigenvalue weighted by Crippen LogP contribution is -2.02. The Morgan fingerprint density at radius 3 is 1.67 bits per heavy atom. The Morgan fingerprint density at radius 1 is 0.600 bits per heavy atom. The Morgan fingerprint density at radius 2 is 1.11 bits per heavy atom. The van der Waals surface area contributed by atoms with E-state index in [0.29, 0.717) is 0 Å². The highest BCUT2D eigenvalue weighted by Crippen LogP contribution is 2.39. The van der Waals surface area contributed by atoms with Gasteiger partial charge in [-0.1, -0.05) is 136 Å². The lowest BCUT2D eigenvalue weighted by molar-refractivity contribution is 0.621. The Labute approximate surface area is 423 Å². The first-order valence-corrected chi connectivity index (χ1v) is 25.9. The Balaban J connectivity index is 0.000000355. The standard InChI is InChI=1S/C48H47F2N.C14H18.C2HCl.C2H6/c1-6-39-33(4)25-31(2)27-45(39)44-30-38(50)24-22-36(44)16-10-8-7-9-15-35-21-23-37(49)29-43(35)42-26-32(3)28-48(34(42)5)51-46-19-13-11-17-40(46)41-18-12-14-20-47(41)51;1-11-7-3-5-9-13(11)14-10-6-4-8-12(14)2;1-2-3;1-2/h11-14,17-30H,6-10,15-16H2,1-5H3;3,6-7,10H,4-5,8-9H2,1-2H3;1H;1-2H3. The molecule has 6 aromatic carbocycles. The molecule has 0 unspecified atom stereocenters. The van der Waals surface area contributed by atoms with Crippen LogP contribution in [0.15, 0.2) is 156 Å². The van der Waals surface area contributed by atoms with Gasteiger partial charge in [0.05, 0.1) is 11.0 Å². The van der Waals surface area contributed by atoms with Crippen molar-refractivity contribution in [2.45, 2.75) is 133 Å². The quantitative estimate of drug-likeness (QED) is 0.0850. The first kappa shape index (κ1) is 53.1. The first-order chi connectivity index (χ1) is 33.9. The van der Waals surface area contributed by atoms with E-state index in [0.717, 1.165) is 78.5 Å². The van der Waals surface area contributed by atoms with E-state index in [1.165, 1.54) is 92.0 Å². The minimum absolute atomic E-state index is 0.184. The number of fused-ring (bicyclic) bond motifs is 3. The van der Waals surface area contributed by atoms with Gasteiger partial charge < -0.3 is 4.57 Å². The number of unbranched alkanes of at least 4 members (excludes halogenated alkanes) is 3. The van der Waals surface area contributed by atoms with E-state index in [2.05, 4.69) is 168 Å². The summed E-state index contributed by atoms with van der Waals surface area (Å²) >= 11 is 4.53. The van der Waals surface area contributed by atoms with Crippen LogP contribution in [-0.4, -0.2) is 4.57 Å². The molecular formula is C66H72ClF2N. The van der Waals surface area contributed by atoms with Crippen LogP contribution < -0.4 is 0 Å². The highest BCUT2D eigenvalue weighted by Gasteiger charge is 2.19. The fourth-order valence-corrected chi connectivity index (χ4v) is 10.5. The molecule has 0 saturated carbocycles. The van der Waals surface area contributed by atoms with Gasteiger partial charge in [-0.3, -0.25) is 0 Å². The second kappa shape index (κ2) is 25.6. The van der Waals surface area contributed by atoms with E-state index in [-0.39, 0.29) is 11.6 Å². The molecule has 1 aromatic heterocycles. The normalized spacial score (nSPS) is 13.1. The van der Waals surface area contributed by atoms with Crippen molar-refractivity contribution < 1.29 is 8.78 Å². The number of nitrogens with zero attached hydrogens (tertiary/aromatic N) is 1. The van der Waals surface area contributed by atoms with Crippen LogP contribution in [0.4, 0.5) is 8.78 Å². The summed E-state index contributed by atoms with van der Waals surface area (Å²) in [7, 11) is 0. The van der Waals surface area contributed by atoms with Crippen LogP contribution in [-0.2, 0) is 19.3 Å². The number of rotatable bonds is 12. The smallest absolute Gasteiger partial charge is 0.123 e. The minimum atomic E-state index is -0.210. The molecule has 2 aliphatic rings. The third-order valence-electron chi connectivity index (χ3n) is 13.8. The van der Waals surface area contributed by atoms with Crippen LogP contribution in [0.3, 0.4) is 0 Å². The molecule has 0 bridgehead atoms. The summed E-state index contributed by atoms with van der Waals surface area (Å²) in [6.07, 6.45) is 25.4. The van der Waals surface area contributed by atoms with Crippen molar-refractivity contribution in [2.75, 3.05) is 0 Å². The topological polar surface area (TPSA) is 4.93 Å². The summed E-state index contributed by atoms with van der Waals surface area (Å²) in [5.41, 5.74) is 22.3. The van der Waals surface area contributed by atoms with Crippen LogP contribution in [0, 0.1) is 51.1 Å². The number of hydrogen-bond donors (Lipinski definition) is 0. The highest BCUT2D eigenvalue weighted by molar-refractivity contribution is 6.29. The first-order valence-electron chi connectivity index (χ1n) is 25.5. The number of para-hydroxylation sites is 2. The maximum atomic E-state index is 14.9. The van der Waals surface area contributed by atoms with E-state index in [1.54, 1.807) is 40.8 Å². The average Bonchev–Trinajstić information content (AvgIpc) is 3.69. The van der Waals surface area contributed by atoms with Gasteiger partial charge in [0.25, 0.3) is 0 Å². The molecule has 2 aliphatic carbocycles. The molecule has 1 nitrogen and oxygen atoms in total. The number of hydrogen-bond acceptors (Lipinski definition) is 0. The fraction of sp³-hybridized carbons (Fsp3) is 0.303. The van der Waals surface area contributed by atoms with Gasteiger partial charge in [-0.15, -0.1) is 6.42 Å². The lowest BCUT2D eigenvalue weighted by Gasteiger charge is -2.19. The van der Waals surface area contributed by atoms with Gasteiger partial charge in [0.15, 0.2) is 0 Å². The SMILES string of the molecule is C#CCl.CC.CC1=C(C2=C(C)CCC=C2)CCC=C1.CCc1c(C)cc(C)cc1-c1cc(F)ccc1CCCCCCc1ccc(F)cc1-c1cc(C)cc(-n2c3ccccc3c3ccccc32)c1C. The van der Waals surface area contributed by atoms with Crippen LogP contribution in [0.2, 0.25) is 0 Å². The van der Waals surface area contributed by atoms with Crippen LogP contribution in [0.25, 0.3) is 49.7 Å². The van der Waals surface area contributed by atoms with Crippen molar-refractivity contribution in [1.82, 2.24) is 4.57 Å². The van der Waals surface area contributed by atoms with Crippen molar-refractivity contribution in [2.24, 2.45) is 0 Å². The molecule has 0 amide bonds. The molecular weight excluding hydrogens is 880 g/mol. The molecule has 9 rings (SSSR count). The molecule has 0 spiro atoms. The second-order valence-electron chi connectivity index (χ2n) is 18.7. The molecule has 1 heterocycles. The summed E-state index contributed by atoms with van der Waals surface area (Å²) < 4.78 is 31.9. The summed E-state index contributed by atoms with van der Waals surface area (Å²) in [5, 5.41) is 4.18. The summed E-state index contributed by atoms with van der Waals surface area (Å²) in [6.45, 7) is 19.3. The molecule has 362 valence electrons. The van der Waals surface area contributed by atoms with Crippen molar-refractivity contribution in [3.05, 3.63) is 206 Å². The predicted octanol–water partition coefficient (Wildman–Crippen LogP) is 19.7. The Hall–Kier alpha value is -6.21. The third kappa shape index (κ3) is 12.6. The van der Waals surface area contributed by atoms with Crippen molar-refractivity contribution in [3.8, 4) is 39.7 Å². The minimum Gasteiger partial charge on any atom is -0.309 e.